The molecule has 0 heterocycles. The van der Waals surface area contributed by atoms with E-state index in [2.05, 4.69) is 6.58 Å². The number of carboxylic acids is 1. The fraction of sp³-hybridized carbons (Fsp3) is 0.800. The van der Waals surface area contributed by atoms with E-state index in [1.807, 2.05) is 0 Å². The van der Waals surface area contributed by atoms with Crippen molar-refractivity contribution < 1.29 is 15.0 Å². The van der Waals surface area contributed by atoms with Crippen LogP contribution in [0.2, 0.25) is 0 Å². The van der Waals surface area contributed by atoms with Crippen LogP contribution in [0, 0.1) is 0 Å². The van der Waals surface area contributed by atoms with Crippen LogP contribution >= 0.6 is 0 Å². The fourth-order valence-electron chi connectivity index (χ4n) is 2.14. The van der Waals surface area contributed by atoms with Gasteiger partial charge in [-0.25, -0.2) is 4.79 Å². The molecule has 3 heteroatoms. The van der Waals surface area contributed by atoms with E-state index in [9.17, 15) is 9.90 Å². The summed E-state index contributed by atoms with van der Waals surface area (Å²) in [6.45, 7) is 2.96. The second-order valence-corrected chi connectivity index (χ2v) is 4.96. The molecule has 0 aliphatic heterocycles. The first kappa shape index (κ1) is 17.2. The minimum absolute atomic E-state index is 0.000531. The average molecular weight is 256 g/mol. The summed E-state index contributed by atoms with van der Waals surface area (Å²) < 4.78 is 0. The molecule has 0 aromatic rings. The number of hydrogen-bond donors (Lipinski definition) is 2. The Balaban J connectivity index is 0.000000494. The van der Waals surface area contributed by atoms with Gasteiger partial charge in [0.15, 0.2) is 0 Å². The van der Waals surface area contributed by atoms with Gasteiger partial charge in [0.2, 0.25) is 0 Å². The van der Waals surface area contributed by atoms with Crippen molar-refractivity contribution in [2.75, 3.05) is 0 Å². The summed E-state index contributed by atoms with van der Waals surface area (Å²) in [6.07, 6.45) is 15.1. The van der Waals surface area contributed by atoms with E-state index in [-0.39, 0.29) is 6.10 Å². The largest absolute Gasteiger partial charge is 0.478 e. The monoisotopic (exact) mass is 256 g/mol. The lowest BCUT2D eigenvalue weighted by molar-refractivity contribution is -0.131. The van der Waals surface area contributed by atoms with Crippen molar-refractivity contribution in [3.63, 3.8) is 0 Å². The molecule has 0 aromatic heterocycles. The quantitative estimate of drug-likeness (QED) is 0.699. The molecule has 1 aliphatic rings. The summed E-state index contributed by atoms with van der Waals surface area (Å²) in [4.78, 5) is 9.25. The normalized spacial score (nSPS) is 19.6. The van der Waals surface area contributed by atoms with Crippen LogP contribution in [0.1, 0.15) is 70.6 Å². The number of carbonyl (C=O) groups is 1. The van der Waals surface area contributed by atoms with Crippen molar-refractivity contribution in [1.29, 1.82) is 0 Å². The summed E-state index contributed by atoms with van der Waals surface area (Å²) in [6, 6.07) is 0. The number of aliphatic carboxylic acids is 1. The summed E-state index contributed by atoms with van der Waals surface area (Å²) >= 11 is 0. The van der Waals surface area contributed by atoms with Gasteiger partial charge >= 0.3 is 5.97 Å². The Bertz CT molecular complexity index is 202. The second kappa shape index (κ2) is 12.6. The third-order valence-corrected chi connectivity index (χ3v) is 3.25. The van der Waals surface area contributed by atoms with Gasteiger partial charge in [0.1, 0.15) is 0 Å². The zero-order valence-corrected chi connectivity index (χ0v) is 11.4. The van der Waals surface area contributed by atoms with E-state index in [4.69, 9.17) is 5.11 Å². The van der Waals surface area contributed by atoms with Gasteiger partial charge in [-0.15, -0.1) is 0 Å². The zero-order chi connectivity index (χ0) is 13.6. The molecule has 0 saturated heterocycles. The molecule has 106 valence electrons. The van der Waals surface area contributed by atoms with Crippen LogP contribution in [0.4, 0.5) is 0 Å². The third kappa shape index (κ3) is 13.2. The number of aliphatic hydroxyl groups excluding tert-OH is 1. The van der Waals surface area contributed by atoms with Crippen LogP contribution in [0.25, 0.3) is 0 Å². The summed E-state index contributed by atoms with van der Waals surface area (Å²) in [7, 11) is 0. The molecule has 1 saturated carbocycles. The molecular formula is C15H28O3. The van der Waals surface area contributed by atoms with Gasteiger partial charge < -0.3 is 10.2 Å². The van der Waals surface area contributed by atoms with Crippen molar-refractivity contribution in [1.82, 2.24) is 0 Å². The molecule has 0 aromatic carbocycles. The van der Waals surface area contributed by atoms with Crippen molar-refractivity contribution in [2.24, 2.45) is 0 Å². The molecule has 0 unspecified atom stereocenters. The minimum atomic E-state index is -0.981. The molecule has 1 aliphatic carbocycles. The number of rotatable bonds is 1. The maximum atomic E-state index is 9.59. The molecule has 1 fully saturated rings. The van der Waals surface area contributed by atoms with Gasteiger partial charge in [-0.05, 0) is 12.8 Å². The van der Waals surface area contributed by atoms with Crippen LogP contribution in [0.5, 0.6) is 0 Å². The lowest BCUT2D eigenvalue weighted by Gasteiger charge is -2.11. The summed E-state index contributed by atoms with van der Waals surface area (Å²) in [5.41, 5.74) is 0. The number of hydrogen-bond acceptors (Lipinski definition) is 2. The molecular weight excluding hydrogens is 228 g/mol. The number of carboxylic acid groups (broad SMARTS) is 1. The van der Waals surface area contributed by atoms with E-state index >= 15 is 0 Å². The van der Waals surface area contributed by atoms with Crippen LogP contribution in [-0.4, -0.2) is 22.3 Å². The highest BCUT2D eigenvalue weighted by atomic mass is 16.4. The van der Waals surface area contributed by atoms with E-state index in [0.717, 1.165) is 18.9 Å². The topological polar surface area (TPSA) is 57.5 Å². The van der Waals surface area contributed by atoms with Crippen LogP contribution in [-0.2, 0) is 4.79 Å². The summed E-state index contributed by atoms with van der Waals surface area (Å²) in [5, 5.41) is 17.2. The van der Waals surface area contributed by atoms with Crippen molar-refractivity contribution in [3.8, 4) is 0 Å². The lowest BCUT2D eigenvalue weighted by atomic mass is 10.00. The van der Waals surface area contributed by atoms with E-state index in [1.165, 1.54) is 57.8 Å². The standard InChI is InChI=1S/C12H24O.C3H4O2/c13-12-10-8-6-4-2-1-3-5-7-9-11-12;1-2-3(4)5/h12-13H,1-11H2;2H,1H2,(H,4,5). The Hall–Kier alpha value is -0.830. The third-order valence-electron chi connectivity index (χ3n) is 3.25. The molecule has 0 atom stereocenters. The first-order valence-corrected chi connectivity index (χ1v) is 7.20. The van der Waals surface area contributed by atoms with Crippen molar-refractivity contribution in [3.05, 3.63) is 12.7 Å². The first-order valence-electron chi connectivity index (χ1n) is 7.20. The molecule has 3 nitrogen and oxygen atoms in total. The highest BCUT2D eigenvalue weighted by molar-refractivity contribution is 5.78. The Morgan fingerprint density at radius 3 is 1.44 bits per heavy atom. The lowest BCUT2D eigenvalue weighted by Crippen LogP contribution is -2.06. The molecule has 0 bridgehead atoms. The highest BCUT2D eigenvalue weighted by Crippen LogP contribution is 2.16. The van der Waals surface area contributed by atoms with Crippen LogP contribution in [0.3, 0.4) is 0 Å². The van der Waals surface area contributed by atoms with Gasteiger partial charge in [-0.3, -0.25) is 0 Å². The molecule has 2 N–H and O–H groups in total. The van der Waals surface area contributed by atoms with Gasteiger partial charge in [0.25, 0.3) is 0 Å². The van der Waals surface area contributed by atoms with Crippen LogP contribution in [0.15, 0.2) is 12.7 Å². The maximum Gasteiger partial charge on any atom is 0.327 e. The Labute approximate surface area is 111 Å². The average Bonchev–Trinajstić information content (AvgIpc) is 2.34. The van der Waals surface area contributed by atoms with Crippen molar-refractivity contribution in [2.45, 2.75) is 76.7 Å². The Morgan fingerprint density at radius 2 is 1.17 bits per heavy atom. The van der Waals surface area contributed by atoms with E-state index < -0.39 is 5.97 Å². The Kier molecular flexibility index (Phi) is 12.0. The predicted molar refractivity (Wildman–Crippen MR) is 74.6 cm³/mol. The van der Waals surface area contributed by atoms with Gasteiger partial charge in [-0.2, -0.15) is 0 Å². The maximum absolute atomic E-state index is 9.59. The smallest absolute Gasteiger partial charge is 0.327 e. The van der Waals surface area contributed by atoms with Gasteiger partial charge in [0.05, 0.1) is 6.10 Å². The molecule has 0 radical (unpaired) electrons. The summed E-state index contributed by atoms with van der Waals surface area (Å²) in [5.74, 6) is -0.981. The SMILES string of the molecule is C=CC(=O)O.OC1CCCCCCCCCCC1. The predicted octanol–water partition coefficient (Wildman–Crippen LogP) is 3.91. The zero-order valence-electron chi connectivity index (χ0n) is 11.4. The first-order chi connectivity index (χ1) is 8.66. The van der Waals surface area contributed by atoms with E-state index in [0.29, 0.717) is 0 Å². The minimum Gasteiger partial charge on any atom is -0.478 e. The fourth-order valence-corrected chi connectivity index (χ4v) is 2.14. The molecule has 0 spiro atoms. The number of aliphatic hydroxyl groups is 1. The second-order valence-electron chi connectivity index (χ2n) is 4.96. The molecule has 1 rings (SSSR count). The highest BCUT2D eigenvalue weighted by Gasteiger charge is 2.04. The van der Waals surface area contributed by atoms with Crippen molar-refractivity contribution >= 4 is 5.97 Å². The molecule has 0 amide bonds. The molecule has 18 heavy (non-hydrogen) atoms. The van der Waals surface area contributed by atoms with E-state index in [1.54, 1.807) is 0 Å². The van der Waals surface area contributed by atoms with Crippen LogP contribution < -0.4 is 0 Å². The van der Waals surface area contributed by atoms with Gasteiger partial charge in [0, 0.05) is 6.08 Å². The Morgan fingerprint density at radius 1 is 0.889 bits per heavy atom. The van der Waals surface area contributed by atoms with Gasteiger partial charge in [-0.1, -0.05) is 64.4 Å².